The Morgan fingerprint density at radius 2 is 1.85 bits per heavy atom. The summed E-state index contributed by atoms with van der Waals surface area (Å²) in [6.07, 6.45) is 1.71. The first-order valence-electron chi connectivity index (χ1n) is 10.5. The summed E-state index contributed by atoms with van der Waals surface area (Å²) < 4.78 is 31.4. The molecule has 10 heteroatoms. The third kappa shape index (κ3) is 4.22. The molecule has 1 amide bonds. The first-order valence-corrected chi connectivity index (χ1v) is 11.3. The highest BCUT2D eigenvalue weighted by Crippen LogP contribution is 2.40. The minimum Gasteiger partial charge on any atom is -0.494 e. The fourth-order valence-electron chi connectivity index (χ4n) is 3.63. The van der Waals surface area contributed by atoms with Gasteiger partial charge in [-0.2, -0.15) is 0 Å². The van der Waals surface area contributed by atoms with Crippen molar-refractivity contribution in [1.82, 2.24) is 9.55 Å². The van der Waals surface area contributed by atoms with Gasteiger partial charge in [0.25, 0.3) is 5.91 Å². The van der Waals surface area contributed by atoms with Gasteiger partial charge < -0.3 is 25.8 Å². The van der Waals surface area contributed by atoms with Crippen molar-refractivity contribution in [2.75, 3.05) is 5.32 Å². The molecule has 0 saturated heterocycles. The Morgan fingerprint density at radius 3 is 2.41 bits per heavy atom. The molecule has 1 aromatic carbocycles. The lowest BCUT2D eigenvalue weighted by Gasteiger charge is -2.18. The van der Waals surface area contributed by atoms with E-state index in [2.05, 4.69) is 10.3 Å². The number of carbonyl (C=O) groups is 1. The van der Waals surface area contributed by atoms with Gasteiger partial charge in [-0.1, -0.05) is 0 Å². The van der Waals surface area contributed by atoms with Gasteiger partial charge in [-0.3, -0.25) is 4.79 Å². The lowest BCUT2D eigenvalue weighted by Crippen LogP contribution is -2.16. The van der Waals surface area contributed by atoms with E-state index in [1.54, 1.807) is 22.9 Å². The standard InChI is InChI=1S/C24H24F2N4O3S/c1-11(2)30-10-17-13(23(30)32)5-6-19(28-17)29-22-14(21(27)31)9-18(34-22)20-15(25)7-12(8-16(20)26)24(3,4)33/h5-11,32-33H,1-4H3,(H2,27,31)(H,28,29). The summed E-state index contributed by atoms with van der Waals surface area (Å²) in [5, 5.41) is 24.3. The van der Waals surface area contributed by atoms with Gasteiger partial charge in [0.05, 0.1) is 27.6 Å². The van der Waals surface area contributed by atoms with Crippen LogP contribution in [0.1, 0.15) is 49.7 Å². The molecule has 0 bridgehead atoms. The number of aromatic hydroxyl groups is 1. The number of nitrogens with zero attached hydrogens (tertiary/aromatic N) is 2. The summed E-state index contributed by atoms with van der Waals surface area (Å²) >= 11 is 0.947. The number of carbonyl (C=O) groups excluding carboxylic acids is 1. The van der Waals surface area contributed by atoms with Crippen LogP contribution in [0.4, 0.5) is 19.6 Å². The van der Waals surface area contributed by atoms with Gasteiger partial charge in [0, 0.05) is 17.1 Å². The minimum absolute atomic E-state index is 0.0273. The van der Waals surface area contributed by atoms with Crippen LogP contribution in [0.5, 0.6) is 5.88 Å². The number of anilines is 2. The largest absolute Gasteiger partial charge is 0.494 e. The summed E-state index contributed by atoms with van der Waals surface area (Å²) in [6, 6.07) is 6.79. The van der Waals surface area contributed by atoms with Crippen molar-refractivity contribution in [3.05, 3.63) is 59.3 Å². The van der Waals surface area contributed by atoms with Crippen molar-refractivity contribution >= 4 is 39.0 Å². The topological polar surface area (TPSA) is 113 Å². The van der Waals surface area contributed by atoms with Crippen molar-refractivity contribution in [3.63, 3.8) is 0 Å². The van der Waals surface area contributed by atoms with Crippen molar-refractivity contribution in [1.29, 1.82) is 0 Å². The molecule has 34 heavy (non-hydrogen) atoms. The Morgan fingerprint density at radius 1 is 1.21 bits per heavy atom. The molecule has 178 valence electrons. The molecule has 3 aromatic heterocycles. The third-order valence-electron chi connectivity index (χ3n) is 5.46. The van der Waals surface area contributed by atoms with Crippen LogP contribution in [0.2, 0.25) is 0 Å². The van der Waals surface area contributed by atoms with Gasteiger partial charge in [-0.05, 0) is 63.6 Å². The molecule has 0 aliphatic rings. The number of aliphatic hydroxyl groups is 1. The van der Waals surface area contributed by atoms with Crippen LogP contribution in [0.15, 0.2) is 36.5 Å². The predicted octanol–water partition coefficient (Wildman–Crippen LogP) is 5.40. The summed E-state index contributed by atoms with van der Waals surface area (Å²) in [5.41, 5.74) is 4.44. The van der Waals surface area contributed by atoms with Crippen LogP contribution in [-0.2, 0) is 5.60 Å². The summed E-state index contributed by atoms with van der Waals surface area (Å²) in [7, 11) is 0. The molecule has 0 spiro atoms. The van der Waals surface area contributed by atoms with Gasteiger partial charge in [0.2, 0.25) is 5.88 Å². The van der Waals surface area contributed by atoms with E-state index in [1.807, 2.05) is 13.8 Å². The number of fused-ring (bicyclic) bond motifs is 1. The molecule has 0 fully saturated rings. The Balaban J connectivity index is 1.75. The Bertz CT molecular complexity index is 1400. The maximum Gasteiger partial charge on any atom is 0.251 e. The number of halogens is 2. The van der Waals surface area contributed by atoms with Crippen molar-refractivity contribution < 1.29 is 23.8 Å². The molecular formula is C24H24F2N4O3S. The fraction of sp³-hybridized carbons (Fsp3) is 0.250. The van der Waals surface area contributed by atoms with Crippen LogP contribution in [0, 0.1) is 11.6 Å². The van der Waals surface area contributed by atoms with Crippen LogP contribution in [-0.4, -0.2) is 25.7 Å². The number of primary amides is 1. The molecule has 0 radical (unpaired) electrons. The van der Waals surface area contributed by atoms with E-state index >= 15 is 0 Å². The zero-order valence-electron chi connectivity index (χ0n) is 19.0. The van der Waals surface area contributed by atoms with Gasteiger partial charge in [0.1, 0.15) is 22.5 Å². The maximum absolute atomic E-state index is 14.9. The second-order valence-electron chi connectivity index (χ2n) is 8.80. The number of thiophene rings is 1. The van der Waals surface area contributed by atoms with Gasteiger partial charge >= 0.3 is 0 Å². The number of benzene rings is 1. The van der Waals surface area contributed by atoms with E-state index < -0.39 is 23.1 Å². The molecule has 5 N–H and O–H groups in total. The molecular weight excluding hydrogens is 462 g/mol. The van der Waals surface area contributed by atoms with Crippen LogP contribution in [0.3, 0.4) is 0 Å². The van der Waals surface area contributed by atoms with E-state index in [9.17, 15) is 23.8 Å². The highest BCUT2D eigenvalue weighted by atomic mass is 32.1. The monoisotopic (exact) mass is 486 g/mol. The first kappa shape index (κ1) is 23.7. The Hall–Kier alpha value is -3.50. The minimum atomic E-state index is -1.42. The number of amides is 1. The molecule has 0 aliphatic carbocycles. The average molecular weight is 487 g/mol. The smallest absolute Gasteiger partial charge is 0.251 e. The molecule has 4 aromatic rings. The molecule has 0 saturated carbocycles. The molecule has 4 rings (SSSR count). The highest BCUT2D eigenvalue weighted by Gasteiger charge is 2.24. The quantitative estimate of drug-likeness (QED) is 0.291. The van der Waals surface area contributed by atoms with E-state index in [-0.39, 0.29) is 38.5 Å². The molecule has 0 aliphatic heterocycles. The number of hydrogen-bond donors (Lipinski definition) is 4. The molecule has 0 unspecified atom stereocenters. The second-order valence-corrected chi connectivity index (χ2v) is 9.85. The molecule has 3 heterocycles. The van der Waals surface area contributed by atoms with Crippen molar-refractivity contribution in [2.24, 2.45) is 5.73 Å². The maximum atomic E-state index is 14.9. The van der Waals surface area contributed by atoms with Crippen LogP contribution >= 0.6 is 11.3 Å². The lowest BCUT2D eigenvalue weighted by molar-refractivity contribution is 0.0778. The number of pyridine rings is 1. The number of aromatic nitrogens is 2. The predicted molar refractivity (Wildman–Crippen MR) is 128 cm³/mol. The number of rotatable bonds is 6. The van der Waals surface area contributed by atoms with Crippen LogP contribution in [0.25, 0.3) is 21.3 Å². The number of hydrogen-bond acceptors (Lipinski definition) is 6. The number of nitrogens with two attached hydrogens (primary N) is 1. The molecule has 0 atom stereocenters. The second kappa shape index (κ2) is 8.37. The highest BCUT2D eigenvalue weighted by molar-refractivity contribution is 7.20. The van der Waals surface area contributed by atoms with E-state index in [0.717, 1.165) is 23.5 Å². The first-order chi connectivity index (χ1) is 15.9. The van der Waals surface area contributed by atoms with Gasteiger partial charge in [0.15, 0.2) is 0 Å². The molecule has 7 nitrogen and oxygen atoms in total. The third-order valence-corrected chi connectivity index (χ3v) is 6.53. The van der Waals surface area contributed by atoms with Crippen molar-refractivity contribution in [2.45, 2.75) is 39.3 Å². The van der Waals surface area contributed by atoms with Crippen LogP contribution < -0.4 is 11.1 Å². The van der Waals surface area contributed by atoms with Gasteiger partial charge in [-0.25, -0.2) is 13.8 Å². The SMILES string of the molecule is CC(C)n1cc2nc(Nc3sc(-c4c(F)cc(C(C)(C)O)cc4F)cc3C(N)=O)ccc2c1O. The zero-order chi connectivity index (χ0) is 24.9. The normalized spacial score (nSPS) is 12.0. The summed E-state index contributed by atoms with van der Waals surface area (Å²) in [6.45, 7) is 6.71. The number of nitrogens with one attached hydrogen (secondary N) is 1. The fourth-order valence-corrected chi connectivity index (χ4v) is 4.74. The lowest BCUT2D eigenvalue weighted by atomic mass is 9.96. The van der Waals surface area contributed by atoms with Gasteiger partial charge in [-0.15, -0.1) is 11.3 Å². The zero-order valence-corrected chi connectivity index (χ0v) is 19.8. The Kier molecular flexibility index (Phi) is 5.82. The average Bonchev–Trinajstić information content (AvgIpc) is 3.28. The van der Waals surface area contributed by atoms with E-state index in [4.69, 9.17) is 5.73 Å². The van der Waals surface area contributed by atoms with Crippen molar-refractivity contribution in [3.8, 4) is 16.3 Å². The summed E-state index contributed by atoms with van der Waals surface area (Å²) in [5.74, 6) is -2.05. The van der Waals surface area contributed by atoms with E-state index in [1.165, 1.54) is 19.9 Å². The van der Waals surface area contributed by atoms with E-state index in [0.29, 0.717) is 16.7 Å². The summed E-state index contributed by atoms with van der Waals surface area (Å²) in [4.78, 5) is 16.7. The Labute approximate surface area is 198 Å².